The molecule has 1 rings (SSSR count). The molecular formula is C11H20N4OS. The first-order valence-electron chi connectivity index (χ1n) is 5.47. The SMILES string of the molecule is COCCNC(=NCc1cc(C)c(C)s1)NN. The third kappa shape index (κ3) is 4.72. The minimum absolute atomic E-state index is 0.589. The fourth-order valence-corrected chi connectivity index (χ4v) is 2.29. The lowest BCUT2D eigenvalue weighted by atomic mass is 10.3. The van der Waals surface area contributed by atoms with Crippen LogP contribution in [0.15, 0.2) is 11.1 Å². The Morgan fingerprint density at radius 2 is 2.29 bits per heavy atom. The number of nitrogens with one attached hydrogen (secondary N) is 2. The number of hydrogen-bond donors (Lipinski definition) is 3. The monoisotopic (exact) mass is 256 g/mol. The number of ether oxygens (including phenoxy) is 1. The van der Waals surface area contributed by atoms with E-state index >= 15 is 0 Å². The van der Waals surface area contributed by atoms with Crippen molar-refractivity contribution in [2.45, 2.75) is 20.4 Å². The quantitative estimate of drug-likeness (QED) is 0.241. The van der Waals surface area contributed by atoms with Gasteiger partial charge in [0.1, 0.15) is 0 Å². The molecule has 96 valence electrons. The van der Waals surface area contributed by atoms with Gasteiger partial charge in [-0.05, 0) is 25.5 Å². The molecule has 0 bridgehead atoms. The van der Waals surface area contributed by atoms with Crippen molar-refractivity contribution in [1.29, 1.82) is 0 Å². The van der Waals surface area contributed by atoms with Gasteiger partial charge in [-0.25, -0.2) is 10.8 Å². The predicted molar refractivity (Wildman–Crippen MR) is 72.1 cm³/mol. The number of nitrogens with two attached hydrogens (primary N) is 1. The van der Waals surface area contributed by atoms with E-state index in [0.717, 1.165) is 0 Å². The Morgan fingerprint density at radius 3 is 2.82 bits per heavy atom. The van der Waals surface area contributed by atoms with Gasteiger partial charge in [0.05, 0.1) is 13.2 Å². The van der Waals surface area contributed by atoms with E-state index in [2.05, 4.69) is 35.6 Å². The number of aryl methyl sites for hydroxylation is 2. The highest BCUT2D eigenvalue weighted by Gasteiger charge is 2.01. The number of hydrogen-bond acceptors (Lipinski definition) is 4. The maximum atomic E-state index is 5.37. The summed E-state index contributed by atoms with van der Waals surface area (Å²) in [7, 11) is 1.66. The summed E-state index contributed by atoms with van der Waals surface area (Å²) in [6, 6.07) is 2.16. The van der Waals surface area contributed by atoms with E-state index in [9.17, 15) is 0 Å². The van der Waals surface area contributed by atoms with Gasteiger partial charge >= 0.3 is 0 Å². The molecule has 0 saturated carbocycles. The smallest absolute Gasteiger partial charge is 0.206 e. The van der Waals surface area contributed by atoms with Gasteiger partial charge in [0, 0.05) is 23.4 Å². The van der Waals surface area contributed by atoms with Crippen LogP contribution in [0.4, 0.5) is 0 Å². The summed E-state index contributed by atoms with van der Waals surface area (Å²) in [4.78, 5) is 6.94. The summed E-state index contributed by atoms with van der Waals surface area (Å²) in [5, 5.41) is 3.06. The largest absolute Gasteiger partial charge is 0.383 e. The van der Waals surface area contributed by atoms with Crippen LogP contribution in [0.2, 0.25) is 0 Å². The number of rotatable bonds is 5. The standard InChI is InChI=1S/C11H20N4OS/c1-8-6-10(17-9(8)2)7-14-11(15-12)13-4-5-16-3/h6H,4-5,7,12H2,1-3H3,(H2,13,14,15). The zero-order valence-corrected chi connectivity index (χ0v) is 11.4. The molecule has 1 aromatic rings. The zero-order valence-electron chi connectivity index (χ0n) is 10.5. The molecule has 17 heavy (non-hydrogen) atoms. The maximum Gasteiger partial charge on any atom is 0.206 e. The summed E-state index contributed by atoms with van der Waals surface area (Å²) in [5.41, 5.74) is 3.86. The van der Waals surface area contributed by atoms with Crippen LogP contribution in [-0.2, 0) is 11.3 Å². The Hall–Kier alpha value is -1.11. The summed E-state index contributed by atoms with van der Waals surface area (Å²) < 4.78 is 4.93. The molecule has 0 aliphatic heterocycles. The lowest BCUT2D eigenvalue weighted by molar-refractivity contribution is 0.203. The number of nitrogens with zero attached hydrogens (tertiary/aromatic N) is 1. The molecule has 1 aromatic heterocycles. The molecule has 0 unspecified atom stereocenters. The third-order valence-corrected chi connectivity index (χ3v) is 3.48. The van der Waals surface area contributed by atoms with Crippen LogP contribution >= 0.6 is 11.3 Å². The molecule has 0 radical (unpaired) electrons. The summed E-state index contributed by atoms with van der Waals surface area (Å²) in [5.74, 6) is 5.96. The predicted octanol–water partition coefficient (Wildman–Crippen LogP) is 0.920. The van der Waals surface area contributed by atoms with Crippen LogP contribution in [0.1, 0.15) is 15.3 Å². The second-order valence-corrected chi connectivity index (χ2v) is 5.02. The molecule has 5 nitrogen and oxygen atoms in total. The Morgan fingerprint density at radius 1 is 1.53 bits per heavy atom. The van der Waals surface area contributed by atoms with Crippen LogP contribution in [0.3, 0.4) is 0 Å². The number of aliphatic imine (C=N–C) groups is 1. The highest BCUT2D eigenvalue weighted by Crippen LogP contribution is 2.20. The first kappa shape index (κ1) is 14.0. The highest BCUT2D eigenvalue weighted by atomic mass is 32.1. The summed E-state index contributed by atoms with van der Waals surface area (Å²) >= 11 is 1.77. The number of methoxy groups -OCH3 is 1. The molecule has 0 fully saturated rings. The van der Waals surface area contributed by atoms with E-state index in [1.807, 2.05) is 0 Å². The van der Waals surface area contributed by atoms with Crippen LogP contribution in [0.25, 0.3) is 0 Å². The zero-order chi connectivity index (χ0) is 12.7. The maximum absolute atomic E-state index is 5.37. The van der Waals surface area contributed by atoms with Crippen molar-refractivity contribution >= 4 is 17.3 Å². The van der Waals surface area contributed by atoms with Gasteiger partial charge in [0.15, 0.2) is 0 Å². The van der Waals surface area contributed by atoms with E-state index in [0.29, 0.717) is 25.7 Å². The van der Waals surface area contributed by atoms with Crippen molar-refractivity contribution in [3.63, 3.8) is 0 Å². The first-order valence-corrected chi connectivity index (χ1v) is 6.28. The minimum atomic E-state index is 0.589. The highest BCUT2D eigenvalue weighted by molar-refractivity contribution is 7.12. The van der Waals surface area contributed by atoms with E-state index in [1.54, 1.807) is 18.4 Å². The molecular weight excluding hydrogens is 236 g/mol. The van der Waals surface area contributed by atoms with E-state index in [1.165, 1.54) is 15.3 Å². The average Bonchev–Trinajstić information content (AvgIpc) is 2.63. The van der Waals surface area contributed by atoms with Gasteiger partial charge < -0.3 is 10.1 Å². The van der Waals surface area contributed by atoms with E-state index in [-0.39, 0.29) is 0 Å². The van der Waals surface area contributed by atoms with Crippen molar-refractivity contribution in [2.24, 2.45) is 10.8 Å². The molecule has 0 saturated heterocycles. The lowest BCUT2D eigenvalue weighted by Gasteiger charge is -2.07. The fraction of sp³-hybridized carbons (Fsp3) is 0.545. The van der Waals surface area contributed by atoms with Crippen LogP contribution in [-0.4, -0.2) is 26.2 Å². The molecule has 0 atom stereocenters. The van der Waals surface area contributed by atoms with Crippen molar-refractivity contribution < 1.29 is 4.74 Å². The third-order valence-electron chi connectivity index (χ3n) is 2.35. The van der Waals surface area contributed by atoms with Crippen LogP contribution < -0.4 is 16.6 Å². The molecule has 1 heterocycles. The van der Waals surface area contributed by atoms with E-state index < -0.39 is 0 Å². The normalized spacial score (nSPS) is 11.6. The number of thiophene rings is 1. The fourth-order valence-electron chi connectivity index (χ4n) is 1.31. The molecule has 0 aromatic carbocycles. The summed E-state index contributed by atoms with van der Waals surface area (Å²) in [6.07, 6.45) is 0. The topological polar surface area (TPSA) is 71.7 Å². The number of hydrazine groups is 1. The Balaban J connectivity index is 2.48. The van der Waals surface area contributed by atoms with Gasteiger partial charge in [-0.15, -0.1) is 11.3 Å². The van der Waals surface area contributed by atoms with Crippen LogP contribution in [0, 0.1) is 13.8 Å². The van der Waals surface area contributed by atoms with Gasteiger partial charge in [-0.1, -0.05) is 0 Å². The van der Waals surface area contributed by atoms with Gasteiger partial charge in [0.25, 0.3) is 0 Å². The van der Waals surface area contributed by atoms with Gasteiger partial charge in [-0.3, -0.25) is 5.43 Å². The molecule has 0 aliphatic carbocycles. The minimum Gasteiger partial charge on any atom is -0.383 e. The summed E-state index contributed by atoms with van der Waals surface area (Å²) in [6.45, 7) is 6.17. The van der Waals surface area contributed by atoms with Crippen LogP contribution in [0.5, 0.6) is 0 Å². The molecule has 0 spiro atoms. The Kier molecular flexibility index (Phi) is 5.96. The van der Waals surface area contributed by atoms with Gasteiger partial charge in [-0.2, -0.15) is 0 Å². The second-order valence-electron chi connectivity index (χ2n) is 3.68. The average molecular weight is 256 g/mol. The van der Waals surface area contributed by atoms with Gasteiger partial charge in [0.2, 0.25) is 5.96 Å². The van der Waals surface area contributed by atoms with Crippen molar-refractivity contribution in [3.8, 4) is 0 Å². The van der Waals surface area contributed by atoms with Crippen molar-refractivity contribution in [3.05, 3.63) is 21.4 Å². The first-order chi connectivity index (χ1) is 8.17. The lowest BCUT2D eigenvalue weighted by Crippen LogP contribution is -2.42. The van der Waals surface area contributed by atoms with E-state index in [4.69, 9.17) is 10.6 Å². The molecule has 4 N–H and O–H groups in total. The Labute approximate surface area is 106 Å². The number of guanidine groups is 1. The molecule has 0 aliphatic rings. The molecule has 0 amide bonds. The van der Waals surface area contributed by atoms with Crippen molar-refractivity contribution in [1.82, 2.24) is 10.7 Å². The van der Waals surface area contributed by atoms with Crippen molar-refractivity contribution in [2.75, 3.05) is 20.3 Å². The second kappa shape index (κ2) is 7.26. The Bertz CT molecular complexity index is 356. The molecule has 6 heteroatoms.